The van der Waals surface area contributed by atoms with Crippen molar-refractivity contribution in [2.24, 2.45) is 0 Å². The molecule has 1 aliphatic rings. The Kier molecular flexibility index (Phi) is 1.18. The lowest BCUT2D eigenvalue weighted by Crippen LogP contribution is -2.16. The van der Waals surface area contributed by atoms with Gasteiger partial charge in [0.25, 0.3) is 5.56 Å². The lowest BCUT2D eigenvalue weighted by molar-refractivity contribution is 0.741. The van der Waals surface area contributed by atoms with Crippen LogP contribution in [0, 0.1) is 6.07 Å². The molecule has 63 valence electrons. The average Bonchev–Trinajstić information content (AvgIpc) is 2.57. The van der Waals surface area contributed by atoms with Crippen molar-refractivity contribution in [3.63, 3.8) is 0 Å². The van der Waals surface area contributed by atoms with Crippen LogP contribution in [-0.4, -0.2) is 4.57 Å². The van der Waals surface area contributed by atoms with Gasteiger partial charge in [0.1, 0.15) is 0 Å². The van der Waals surface area contributed by atoms with Crippen LogP contribution in [-0.2, 0) is 13.0 Å². The highest BCUT2D eigenvalue weighted by molar-refractivity contribution is 5.83. The minimum atomic E-state index is -0.00236. The average molecular weight is 170 g/mol. The van der Waals surface area contributed by atoms with E-state index in [1.807, 2.05) is 16.7 Å². The van der Waals surface area contributed by atoms with E-state index in [1.165, 1.54) is 5.56 Å². The zero-order chi connectivity index (χ0) is 8.84. The monoisotopic (exact) mass is 170 g/mol. The van der Waals surface area contributed by atoms with Crippen molar-refractivity contribution in [1.29, 1.82) is 0 Å². The van der Waals surface area contributed by atoms with Gasteiger partial charge in [-0.2, -0.15) is 0 Å². The van der Waals surface area contributed by atoms with Crippen LogP contribution in [0.5, 0.6) is 0 Å². The minimum Gasteiger partial charge on any atom is -0.307 e. The summed E-state index contributed by atoms with van der Waals surface area (Å²) in [5, 5.41) is 1.12. The number of nitrogens with zero attached hydrogens (tertiary/aromatic N) is 1. The first-order chi connectivity index (χ1) is 6.36. The van der Waals surface area contributed by atoms with Gasteiger partial charge in [0.05, 0.1) is 11.6 Å². The van der Waals surface area contributed by atoms with E-state index in [2.05, 4.69) is 12.1 Å². The van der Waals surface area contributed by atoms with Crippen LogP contribution >= 0.6 is 0 Å². The van der Waals surface area contributed by atoms with Gasteiger partial charge >= 0.3 is 0 Å². The predicted molar refractivity (Wildman–Crippen MR) is 50.7 cm³/mol. The van der Waals surface area contributed by atoms with Crippen LogP contribution in [0.4, 0.5) is 0 Å². The third-order valence-corrected chi connectivity index (χ3v) is 2.62. The smallest absolute Gasteiger partial charge is 0.259 e. The maximum Gasteiger partial charge on any atom is 0.259 e. The van der Waals surface area contributed by atoms with Gasteiger partial charge in [-0.25, -0.2) is 0 Å². The molecule has 1 aliphatic heterocycles. The van der Waals surface area contributed by atoms with E-state index in [0.717, 1.165) is 23.9 Å². The molecular weight excluding hydrogens is 162 g/mol. The molecule has 1 aromatic carbocycles. The number of para-hydroxylation sites is 1. The van der Waals surface area contributed by atoms with Crippen LogP contribution in [0.2, 0.25) is 0 Å². The Morgan fingerprint density at radius 3 is 3.23 bits per heavy atom. The molecule has 0 spiro atoms. The summed E-state index contributed by atoms with van der Waals surface area (Å²) in [5.74, 6) is 0. The molecule has 0 bridgehead atoms. The van der Waals surface area contributed by atoms with Crippen molar-refractivity contribution >= 4 is 10.9 Å². The highest BCUT2D eigenvalue weighted by Crippen LogP contribution is 2.22. The molecule has 0 fully saturated rings. The van der Waals surface area contributed by atoms with Crippen molar-refractivity contribution in [3.05, 3.63) is 46.2 Å². The number of aromatic nitrogens is 1. The molecule has 2 aromatic rings. The number of hydrogen-bond acceptors (Lipinski definition) is 1. The lowest BCUT2D eigenvalue weighted by atomic mass is 10.1. The van der Waals surface area contributed by atoms with Gasteiger partial charge in [-0.05, 0) is 23.4 Å². The molecule has 1 radical (unpaired) electrons. The molecule has 0 saturated heterocycles. The second-order valence-electron chi connectivity index (χ2n) is 3.35. The fourth-order valence-electron chi connectivity index (χ4n) is 2.02. The summed E-state index contributed by atoms with van der Waals surface area (Å²) >= 11 is 0. The van der Waals surface area contributed by atoms with Crippen molar-refractivity contribution in [3.8, 4) is 0 Å². The van der Waals surface area contributed by atoms with Gasteiger partial charge in [-0.3, -0.25) is 4.79 Å². The second kappa shape index (κ2) is 2.22. The molecule has 0 N–H and O–H groups in total. The summed E-state index contributed by atoms with van der Waals surface area (Å²) in [6, 6.07) is 10.7. The van der Waals surface area contributed by atoms with Gasteiger partial charge in [0, 0.05) is 6.54 Å². The fraction of sp³-hybridized carbons (Fsp3) is 0.182. The fourth-order valence-corrected chi connectivity index (χ4v) is 2.02. The Balaban J connectivity index is 2.64. The third-order valence-electron chi connectivity index (χ3n) is 2.62. The van der Waals surface area contributed by atoms with Crippen molar-refractivity contribution < 1.29 is 0 Å². The number of aryl methyl sites for hydroxylation is 2. The van der Waals surface area contributed by atoms with E-state index in [4.69, 9.17) is 0 Å². The van der Waals surface area contributed by atoms with E-state index >= 15 is 0 Å². The SMILES string of the molecule is O=c1[c]cc2cccc3c2n1CC3. The van der Waals surface area contributed by atoms with Crippen LogP contribution in [0.25, 0.3) is 10.9 Å². The normalized spacial score (nSPS) is 13.8. The Bertz CT molecular complexity index is 539. The van der Waals surface area contributed by atoms with E-state index in [1.54, 1.807) is 6.07 Å². The Hall–Kier alpha value is -1.57. The largest absolute Gasteiger partial charge is 0.307 e. The summed E-state index contributed by atoms with van der Waals surface area (Å²) in [6.45, 7) is 0.812. The van der Waals surface area contributed by atoms with Gasteiger partial charge < -0.3 is 4.57 Å². The molecule has 2 heterocycles. The van der Waals surface area contributed by atoms with Crippen LogP contribution in [0.15, 0.2) is 29.1 Å². The second-order valence-corrected chi connectivity index (χ2v) is 3.35. The van der Waals surface area contributed by atoms with Gasteiger partial charge in [0.15, 0.2) is 0 Å². The van der Waals surface area contributed by atoms with Crippen LogP contribution in [0.1, 0.15) is 5.56 Å². The maximum absolute atomic E-state index is 11.4. The molecule has 0 atom stereocenters. The van der Waals surface area contributed by atoms with Gasteiger partial charge in [0.2, 0.25) is 0 Å². The number of hydrogen-bond donors (Lipinski definition) is 0. The number of rotatable bonds is 0. The first-order valence-electron chi connectivity index (χ1n) is 4.39. The first-order valence-corrected chi connectivity index (χ1v) is 4.39. The zero-order valence-corrected chi connectivity index (χ0v) is 7.08. The topological polar surface area (TPSA) is 22.0 Å². The number of pyridine rings is 1. The predicted octanol–water partition coefficient (Wildman–Crippen LogP) is 1.36. The van der Waals surface area contributed by atoms with Crippen molar-refractivity contribution in [2.75, 3.05) is 0 Å². The molecule has 0 unspecified atom stereocenters. The molecular formula is C11H8NO. The molecule has 0 aliphatic carbocycles. The first kappa shape index (κ1) is 6.89. The van der Waals surface area contributed by atoms with Crippen LogP contribution in [0.3, 0.4) is 0 Å². The summed E-state index contributed by atoms with van der Waals surface area (Å²) in [6.07, 6.45) is 0.977. The van der Waals surface area contributed by atoms with E-state index in [9.17, 15) is 4.79 Å². The Morgan fingerprint density at radius 1 is 1.38 bits per heavy atom. The molecule has 0 amide bonds. The van der Waals surface area contributed by atoms with E-state index in [0.29, 0.717) is 0 Å². The molecule has 0 saturated carbocycles. The molecule has 2 nitrogen and oxygen atoms in total. The third kappa shape index (κ3) is 0.800. The quantitative estimate of drug-likeness (QED) is 0.585. The zero-order valence-electron chi connectivity index (χ0n) is 7.08. The summed E-state index contributed by atoms with van der Waals surface area (Å²) in [5.41, 5.74) is 2.38. The van der Waals surface area contributed by atoms with Crippen molar-refractivity contribution in [1.82, 2.24) is 4.57 Å². The van der Waals surface area contributed by atoms with Gasteiger partial charge in [-0.15, -0.1) is 0 Å². The minimum absolute atomic E-state index is 0.00236. The molecule has 3 rings (SSSR count). The van der Waals surface area contributed by atoms with Gasteiger partial charge in [-0.1, -0.05) is 18.2 Å². The molecule has 2 heteroatoms. The molecule has 1 aromatic heterocycles. The lowest BCUT2D eigenvalue weighted by Gasteiger charge is -2.01. The van der Waals surface area contributed by atoms with E-state index in [-0.39, 0.29) is 5.56 Å². The highest BCUT2D eigenvalue weighted by Gasteiger charge is 2.13. The molecule has 13 heavy (non-hydrogen) atoms. The highest BCUT2D eigenvalue weighted by atomic mass is 16.1. The summed E-state index contributed by atoms with van der Waals surface area (Å²) in [4.78, 5) is 11.4. The summed E-state index contributed by atoms with van der Waals surface area (Å²) < 4.78 is 1.81. The maximum atomic E-state index is 11.4. The Labute approximate surface area is 75.4 Å². The summed E-state index contributed by atoms with van der Waals surface area (Å²) in [7, 11) is 0. The van der Waals surface area contributed by atoms with Crippen LogP contribution < -0.4 is 5.56 Å². The van der Waals surface area contributed by atoms with Crippen molar-refractivity contribution in [2.45, 2.75) is 13.0 Å². The Morgan fingerprint density at radius 2 is 2.31 bits per heavy atom. The van der Waals surface area contributed by atoms with E-state index < -0.39 is 0 Å². The standard InChI is InChI=1S/C11H8NO/c13-10-5-4-8-2-1-3-9-6-7-12(10)11(8)9/h1-4H,6-7H2. The number of benzene rings is 1.